The molecule has 1 aromatic carbocycles. The zero-order valence-corrected chi connectivity index (χ0v) is 13.3. The van der Waals surface area contributed by atoms with Gasteiger partial charge in [-0.2, -0.15) is 0 Å². The fourth-order valence-corrected chi connectivity index (χ4v) is 2.57. The first kappa shape index (κ1) is 16.0. The van der Waals surface area contributed by atoms with Crippen LogP contribution in [0.15, 0.2) is 41.0 Å². The van der Waals surface area contributed by atoms with Crippen molar-refractivity contribution in [3.8, 4) is 0 Å². The van der Waals surface area contributed by atoms with Crippen molar-refractivity contribution >= 4 is 15.9 Å². The minimum atomic E-state index is -0.348. The summed E-state index contributed by atoms with van der Waals surface area (Å²) >= 11 is 3.41. The number of aromatic nitrogens is 1. The first-order valence-corrected chi connectivity index (χ1v) is 7.68. The minimum absolute atomic E-state index is 0.288. The molecule has 0 spiro atoms. The molecule has 21 heavy (non-hydrogen) atoms. The Bertz CT molecular complexity index is 605. The first-order chi connectivity index (χ1) is 10.1. The van der Waals surface area contributed by atoms with Crippen molar-refractivity contribution in [1.82, 2.24) is 10.3 Å². The Morgan fingerprint density at radius 3 is 2.81 bits per heavy atom. The fraction of sp³-hybridized carbons (Fsp3) is 0.312. The molecule has 0 fully saturated rings. The van der Waals surface area contributed by atoms with Crippen LogP contribution in [0.25, 0.3) is 0 Å². The molecule has 1 atom stereocenters. The Kier molecular flexibility index (Phi) is 5.82. The lowest BCUT2D eigenvalue weighted by molar-refractivity contribution is 0.481. The number of halogens is 3. The normalized spacial score (nSPS) is 12.4. The van der Waals surface area contributed by atoms with Gasteiger partial charge in [-0.3, -0.25) is 4.98 Å². The lowest BCUT2D eigenvalue weighted by Gasteiger charge is -2.19. The average Bonchev–Trinajstić information content (AvgIpc) is 2.48. The second kappa shape index (κ2) is 7.61. The number of nitrogens with one attached hydrogen (secondary N) is 1. The van der Waals surface area contributed by atoms with Crippen LogP contribution in [0, 0.1) is 11.6 Å². The van der Waals surface area contributed by atoms with Crippen molar-refractivity contribution in [2.45, 2.75) is 25.8 Å². The van der Waals surface area contributed by atoms with Crippen LogP contribution in [0.3, 0.4) is 0 Å². The van der Waals surface area contributed by atoms with Gasteiger partial charge in [0.15, 0.2) is 0 Å². The largest absolute Gasteiger partial charge is 0.308 e. The van der Waals surface area contributed by atoms with Gasteiger partial charge in [0.05, 0.1) is 11.7 Å². The SMILES string of the molecule is CCCNC(Cc1cc(F)ccc1Br)c1ncccc1F. The summed E-state index contributed by atoms with van der Waals surface area (Å²) < 4.78 is 28.2. The molecule has 1 heterocycles. The van der Waals surface area contributed by atoms with Crippen LogP contribution in [0.5, 0.6) is 0 Å². The van der Waals surface area contributed by atoms with Crippen LogP contribution >= 0.6 is 15.9 Å². The zero-order chi connectivity index (χ0) is 15.2. The van der Waals surface area contributed by atoms with E-state index in [0.717, 1.165) is 23.0 Å². The van der Waals surface area contributed by atoms with Gasteiger partial charge in [-0.05, 0) is 55.3 Å². The molecule has 2 rings (SSSR count). The van der Waals surface area contributed by atoms with Gasteiger partial charge in [-0.25, -0.2) is 8.78 Å². The summed E-state index contributed by atoms with van der Waals surface area (Å²) in [4.78, 5) is 4.13. The summed E-state index contributed by atoms with van der Waals surface area (Å²) in [6, 6.07) is 7.19. The van der Waals surface area contributed by atoms with Gasteiger partial charge in [0, 0.05) is 10.7 Å². The lowest BCUT2D eigenvalue weighted by Crippen LogP contribution is -2.26. The maximum absolute atomic E-state index is 14.0. The van der Waals surface area contributed by atoms with Crippen LogP contribution in [0.2, 0.25) is 0 Å². The predicted molar refractivity (Wildman–Crippen MR) is 83.0 cm³/mol. The molecule has 0 aliphatic carbocycles. The highest BCUT2D eigenvalue weighted by molar-refractivity contribution is 9.10. The number of hydrogen-bond donors (Lipinski definition) is 1. The van der Waals surface area contributed by atoms with Crippen LogP contribution < -0.4 is 5.32 Å². The highest BCUT2D eigenvalue weighted by Gasteiger charge is 2.18. The summed E-state index contributed by atoms with van der Waals surface area (Å²) in [7, 11) is 0. The van der Waals surface area contributed by atoms with Crippen molar-refractivity contribution in [1.29, 1.82) is 0 Å². The molecule has 0 aliphatic heterocycles. The Labute approximate surface area is 131 Å². The molecule has 112 valence electrons. The first-order valence-electron chi connectivity index (χ1n) is 6.89. The molecule has 0 aliphatic rings. The summed E-state index contributed by atoms with van der Waals surface area (Å²) in [6.07, 6.45) is 2.96. The highest BCUT2D eigenvalue weighted by atomic mass is 79.9. The number of nitrogens with zero attached hydrogens (tertiary/aromatic N) is 1. The second-order valence-corrected chi connectivity index (χ2v) is 5.67. The van der Waals surface area contributed by atoms with Crippen LogP contribution in [0.1, 0.15) is 30.6 Å². The smallest absolute Gasteiger partial charge is 0.146 e. The standard InChI is InChI=1S/C16H17BrF2N2/c1-2-7-20-15(16-14(19)4-3-8-21-16)10-11-9-12(18)5-6-13(11)17/h3-6,8-9,15,20H,2,7,10H2,1H3. The van der Waals surface area contributed by atoms with Crippen molar-refractivity contribution in [2.75, 3.05) is 6.54 Å². The van der Waals surface area contributed by atoms with Gasteiger partial charge in [0.25, 0.3) is 0 Å². The molecule has 0 amide bonds. The van der Waals surface area contributed by atoms with Gasteiger partial charge in [-0.1, -0.05) is 22.9 Å². The third-order valence-electron chi connectivity index (χ3n) is 3.19. The molecule has 2 nitrogen and oxygen atoms in total. The summed E-state index contributed by atoms with van der Waals surface area (Å²) in [5, 5.41) is 3.28. The third-order valence-corrected chi connectivity index (χ3v) is 3.96. The second-order valence-electron chi connectivity index (χ2n) is 4.82. The Morgan fingerprint density at radius 1 is 1.29 bits per heavy atom. The van der Waals surface area contributed by atoms with E-state index in [-0.39, 0.29) is 17.7 Å². The predicted octanol–water partition coefficient (Wildman–Crippen LogP) is 4.41. The molecule has 0 bridgehead atoms. The maximum atomic E-state index is 14.0. The van der Waals surface area contributed by atoms with E-state index in [1.165, 1.54) is 18.2 Å². The summed E-state index contributed by atoms with van der Waals surface area (Å²) in [6.45, 7) is 2.78. The Morgan fingerprint density at radius 2 is 2.10 bits per heavy atom. The Balaban J connectivity index is 2.28. The van der Waals surface area contributed by atoms with E-state index in [1.807, 2.05) is 6.92 Å². The molecule has 1 N–H and O–H groups in total. The average molecular weight is 355 g/mol. The molecule has 1 aromatic heterocycles. The van der Waals surface area contributed by atoms with Crippen LogP contribution in [-0.2, 0) is 6.42 Å². The van der Waals surface area contributed by atoms with E-state index in [4.69, 9.17) is 0 Å². The van der Waals surface area contributed by atoms with Gasteiger partial charge in [0.2, 0.25) is 0 Å². The molecular formula is C16H17BrF2N2. The molecule has 1 unspecified atom stereocenters. The highest BCUT2D eigenvalue weighted by Crippen LogP contribution is 2.25. The van der Waals surface area contributed by atoms with Crippen molar-refractivity contribution < 1.29 is 8.78 Å². The number of hydrogen-bond acceptors (Lipinski definition) is 2. The molecule has 2 aromatic rings. The van der Waals surface area contributed by atoms with E-state index in [9.17, 15) is 8.78 Å². The van der Waals surface area contributed by atoms with Crippen LogP contribution in [0.4, 0.5) is 8.78 Å². The Hall–Kier alpha value is -1.33. The molecule has 0 saturated carbocycles. The van der Waals surface area contributed by atoms with Gasteiger partial charge in [0.1, 0.15) is 11.6 Å². The monoisotopic (exact) mass is 354 g/mol. The topological polar surface area (TPSA) is 24.9 Å². The van der Waals surface area contributed by atoms with Crippen LogP contribution in [-0.4, -0.2) is 11.5 Å². The van der Waals surface area contributed by atoms with Crippen molar-refractivity contribution in [3.63, 3.8) is 0 Å². The molecule has 0 saturated heterocycles. The van der Waals surface area contributed by atoms with E-state index < -0.39 is 0 Å². The quantitative estimate of drug-likeness (QED) is 0.831. The molecular weight excluding hydrogens is 338 g/mol. The fourth-order valence-electron chi connectivity index (χ4n) is 2.16. The van der Waals surface area contributed by atoms with E-state index in [2.05, 4.69) is 26.2 Å². The van der Waals surface area contributed by atoms with Gasteiger partial charge in [-0.15, -0.1) is 0 Å². The van der Waals surface area contributed by atoms with E-state index >= 15 is 0 Å². The maximum Gasteiger partial charge on any atom is 0.146 e. The number of benzene rings is 1. The third kappa shape index (κ3) is 4.32. The number of rotatable bonds is 6. The van der Waals surface area contributed by atoms with E-state index in [0.29, 0.717) is 12.1 Å². The van der Waals surface area contributed by atoms with Gasteiger partial charge < -0.3 is 5.32 Å². The van der Waals surface area contributed by atoms with Gasteiger partial charge >= 0.3 is 0 Å². The summed E-state index contributed by atoms with van der Waals surface area (Å²) in [5.41, 5.74) is 1.15. The molecule has 5 heteroatoms. The molecule has 0 radical (unpaired) electrons. The number of pyridine rings is 1. The van der Waals surface area contributed by atoms with Crippen molar-refractivity contribution in [3.05, 3.63) is 63.9 Å². The van der Waals surface area contributed by atoms with E-state index in [1.54, 1.807) is 18.3 Å². The zero-order valence-electron chi connectivity index (χ0n) is 11.7. The minimum Gasteiger partial charge on any atom is -0.308 e. The summed E-state index contributed by atoms with van der Waals surface area (Å²) in [5.74, 6) is -0.650. The van der Waals surface area contributed by atoms with Crippen molar-refractivity contribution in [2.24, 2.45) is 0 Å². The lowest BCUT2D eigenvalue weighted by atomic mass is 10.0.